The van der Waals surface area contributed by atoms with Crippen LogP contribution in [0.25, 0.3) is 0 Å². The maximum Gasteiger partial charge on any atom is 0.220 e. The fraction of sp³-hybridized carbons (Fsp3) is 0.929. The highest BCUT2D eigenvalue weighted by molar-refractivity contribution is 5.76. The van der Waals surface area contributed by atoms with Crippen LogP contribution in [0.5, 0.6) is 0 Å². The molecular formula is C14H26N2O2. The van der Waals surface area contributed by atoms with E-state index in [4.69, 9.17) is 4.74 Å². The van der Waals surface area contributed by atoms with Crippen molar-refractivity contribution in [3.05, 3.63) is 0 Å². The zero-order valence-electron chi connectivity index (χ0n) is 11.4. The summed E-state index contributed by atoms with van der Waals surface area (Å²) in [4.78, 5) is 11.9. The minimum Gasteiger partial charge on any atom is -0.378 e. The van der Waals surface area contributed by atoms with Crippen molar-refractivity contribution in [1.29, 1.82) is 0 Å². The van der Waals surface area contributed by atoms with Crippen LogP contribution in [0.15, 0.2) is 0 Å². The van der Waals surface area contributed by atoms with Crippen LogP contribution < -0.4 is 10.6 Å². The van der Waals surface area contributed by atoms with E-state index < -0.39 is 0 Å². The second kappa shape index (κ2) is 7.10. The Labute approximate surface area is 110 Å². The number of rotatable bonds is 5. The molecule has 4 heteroatoms. The minimum atomic E-state index is 0.191. The highest BCUT2D eigenvalue weighted by Gasteiger charge is 2.22. The van der Waals surface area contributed by atoms with Crippen LogP contribution in [-0.4, -0.2) is 37.7 Å². The SMILES string of the molecule is CC(NC(=O)CCC1CCCO1)C1CCNCC1. The van der Waals surface area contributed by atoms with Gasteiger partial charge in [0, 0.05) is 19.1 Å². The number of carbonyl (C=O) groups is 1. The minimum absolute atomic E-state index is 0.191. The summed E-state index contributed by atoms with van der Waals surface area (Å²) in [6.07, 6.45) is 6.44. The van der Waals surface area contributed by atoms with Gasteiger partial charge in [0.2, 0.25) is 5.91 Å². The van der Waals surface area contributed by atoms with Gasteiger partial charge in [-0.1, -0.05) is 0 Å². The van der Waals surface area contributed by atoms with Gasteiger partial charge < -0.3 is 15.4 Å². The molecule has 2 aliphatic rings. The van der Waals surface area contributed by atoms with Crippen molar-refractivity contribution in [1.82, 2.24) is 10.6 Å². The first-order chi connectivity index (χ1) is 8.75. The quantitative estimate of drug-likeness (QED) is 0.781. The van der Waals surface area contributed by atoms with Crippen LogP contribution in [0.1, 0.15) is 45.4 Å². The largest absolute Gasteiger partial charge is 0.378 e. The third-order valence-electron chi connectivity index (χ3n) is 4.20. The molecule has 2 heterocycles. The lowest BCUT2D eigenvalue weighted by molar-refractivity contribution is -0.122. The smallest absolute Gasteiger partial charge is 0.220 e. The number of hydrogen-bond donors (Lipinski definition) is 2. The molecule has 0 saturated carbocycles. The van der Waals surface area contributed by atoms with Gasteiger partial charge in [-0.15, -0.1) is 0 Å². The molecular weight excluding hydrogens is 228 g/mol. The van der Waals surface area contributed by atoms with E-state index in [1.54, 1.807) is 0 Å². The van der Waals surface area contributed by atoms with E-state index in [2.05, 4.69) is 17.6 Å². The van der Waals surface area contributed by atoms with Gasteiger partial charge in [0.1, 0.15) is 0 Å². The summed E-state index contributed by atoms with van der Waals surface area (Å²) >= 11 is 0. The predicted molar refractivity (Wildman–Crippen MR) is 71.4 cm³/mol. The van der Waals surface area contributed by atoms with E-state index in [1.807, 2.05) is 0 Å². The Morgan fingerprint density at radius 3 is 2.83 bits per heavy atom. The molecule has 4 nitrogen and oxygen atoms in total. The molecule has 0 aromatic carbocycles. The molecule has 2 rings (SSSR count). The molecule has 0 aromatic rings. The first-order valence-corrected chi connectivity index (χ1v) is 7.37. The van der Waals surface area contributed by atoms with Crippen LogP contribution >= 0.6 is 0 Å². The van der Waals surface area contributed by atoms with Gasteiger partial charge in [0.05, 0.1) is 6.10 Å². The van der Waals surface area contributed by atoms with Crippen LogP contribution in [-0.2, 0) is 9.53 Å². The maximum absolute atomic E-state index is 11.9. The Balaban J connectivity index is 1.62. The Hall–Kier alpha value is -0.610. The average molecular weight is 254 g/mol. The number of piperidine rings is 1. The molecule has 0 radical (unpaired) electrons. The third kappa shape index (κ3) is 4.25. The predicted octanol–water partition coefficient (Wildman–Crippen LogP) is 1.45. The van der Waals surface area contributed by atoms with Gasteiger partial charge in [0.15, 0.2) is 0 Å². The lowest BCUT2D eigenvalue weighted by atomic mass is 9.91. The molecule has 2 atom stereocenters. The van der Waals surface area contributed by atoms with E-state index >= 15 is 0 Å². The Bertz CT molecular complexity index is 259. The Morgan fingerprint density at radius 1 is 1.39 bits per heavy atom. The summed E-state index contributed by atoms with van der Waals surface area (Å²) < 4.78 is 5.54. The van der Waals surface area contributed by atoms with Crippen molar-refractivity contribution in [3.63, 3.8) is 0 Å². The van der Waals surface area contributed by atoms with Gasteiger partial charge in [-0.05, 0) is 58.0 Å². The van der Waals surface area contributed by atoms with Gasteiger partial charge in [-0.2, -0.15) is 0 Å². The number of carbonyl (C=O) groups excluding carboxylic acids is 1. The van der Waals surface area contributed by atoms with Crippen molar-refractivity contribution in [2.45, 2.75) is 57.6 Å². The molecule has 0 aliphatic carbocycles. The zero-order chi connectivity index (χ0) is 12.8. The van der Waals surface area contributed by atoms with Gasteiger partial charge in [-0.25, -0.2) is 0 Å². The van der Waals surface area contributed by atoms with Crippen LogP contribution in [0.4, 0.5) is 0 Å². The van der Waals surface area contributed by atoms with Crippen molar-refractivity contribution >= 4 is 5.91 Å². The molecule has 0 bridgehead atoms. The molecule has 104 valence electrons. The molecule has 1 amide bonds. The highest BCUT2D eigenvalue weighted by atomic mass is 16.5. The van der Waals surface area contributed by atoms with E-state index in [9.17, 15) is 4.79 Å². The second-order valence-electron chi connectivity index (χ2n) is 5.62. The van der Waals surface area contributed by atoms with Crippen molar-refractivity contribution in [2.75, 3.05) is 19.7 Å². The molecule has 0 aromatic heterocycles. The standard InChI is InChI=1S/C14H26N2O2/c1-11(12-6-8-15-9-7-12)16-14(17)5-4-13-3-2-10-18-13/h11-13,15H,2-10H2,1H3,(H,16,17). The Kier molecular flexibility index (Phi) is 5.45. The summed E-state index contributed by atoms with van der Waals surface area (Å²) in [6, 6.07) is 0.309. The van der Waals surface area contributed by atoms with E-state index in [-0.39, 0.29) is 5.91 Å². The van der Waals surface area contributed by atoms with Crippen LogP contribution in [0.3, 0.4) is 0 Å². The maximum atomic E-state index is 11.9. The monoisotopic (exact) mass is 254 g/mol. The second-order valence-corrected chi connectivity index (χ2v) is 5.62. The summed E-state index contributed by atoms with van der Waals surface area (Å²) in [5.74, 6) is 0.828. The molecule has 2 aliphatic heterocycles. The Morgan fingerprint density at radius 2 is 2.17 bits per heavy atom. The number of ether oxygens (including phenoxy) is 1. The van der Waals surface area contributed by atoms with Gasteiger partial charge in [0.25, 0.3) is 0 Å². The lowest BCUT2D eigenvalue weighted by Gasteiger charge is -2.29. The normalized spacial score (nSPS) is 27.1. The topological polar surface area (TPSA) is 50.4 Å². The van der Waals surface area contributed by atoms with E-state index in [0.717, 1.165) is 39.0 Å². The first kappa shape index (κ1) is 13.8. The summed E-state index contributed by atoms with van der Waals surface area (Å²) in [5.41, 5.74) is 0. The van der Waals surface area contributed by atoms with Gasteiger partial charge >= 0.3 is 0 Å². The van der Waals surface area contributed by atoms with Gasteiger partial charge in [-0.3, -0.25) is 4.79 Å². The number of amides is 1. The molecule has 2 saturated heterocycles. The molecule has 0 spiro atoms. The molecule has 2 fully saturated rings. The summed E-state index contributed by atoms with van der Waals surface area (Å²) in [5, 5.41) is 6.51. The fourth-order valence-electron chi connectivity index (χ4n) is 2.95. The summed E-state index contributed by atoms with van der Waals surface area (Å²) in [6.45, 7) is 5.18. The van der Waals surface area contributed by atoms with Crippen LogP contribution in [0, 0.1) is 5.92 Å². The van der Waals surface area contributed by atoms with Crippen molar-refractivity contribution in [3.8, 4) is 0 Å². The van der Waals surface area contributed by atoms with Crippen LogP contribution in [0.2, 0.25) is 0 Å². The average Bonchev–Trinajstić information content (AvgIpc) is 2.90. The number of hydrogen-bond acceptors (Lipinski definition) is 3. The van der Waals surface area contributed by atoms with Crippen molar-refractivity contribution in [2.24, 2.45) is 5.92 Å². The van der Waals surface area contributed by atoms with E-state index in [1.165, 1.54) is 12.8 Å². The molecule has 18 heavy (non-hydrogen) atoms. The third-order valence-corrected chi connectivity index (χ3v) is 4.20. The first-order valence-electron chi connectivity index (χ1n) is 7.37. The van der Waals surface area contributed by atoms with Crippen molar-refractivity contribution < 1.29 is 9.53 Å². The zero-order valence-corrected chi connectivity index (χ0v) is 11.4. The highest BCUT2D eigenvalue weighted by Crippen LogP contribution is 2.18. The molecule has 2 unspecified atom stereocenters. The summed E-state index contributed by atoms with van der Waals surface area (Å²) in [7, 11) is 0. The fourth-order valence-corrected chi connectivity index (χ4v) is 2.95. The van der Waals surface area contributed by atoms with E-state index in [0.29, 0.717) is 24.5 Å². The molecule has 2 N–H and O–H groups in total. The number of nitrogens with one attached hydrogen (secondary N) is 2. The lowest BCUT2D eigenvalue weighted by Crippen LogP contribution is -2.42.